The summed E-state index contributed by atoms with van der Waals surface area (Å²) in [4.78, 5) is 12.8. The van der Waals surface area contributed by atoms with Crippen molar-refractivity contribution in [3.63, 3.8) is 0 Å². The number of halogens is 2. The minimum atomic E-state index is -0.772. The highest BCUT2D eigenvalue weighted by molar-refractivity contribution is 9.10. The zero-order valence-electron chi connectivity index (χ0n) is 12.1. The van der Waals surface area contributed by atoms with Crippen molar-refractivity contribution in [2.75, 3.05) is 6.54 Å². The van der Waals surface area contributed by atoms with Gasteiger partial charge in [-0.2, -0.15) is 0 Å². The lowest BCUT2D eigenvalue weighted by Gasteiger charge is -2.33. The fraction of sp³-hybridized carbons (Fsp3) is 0.533. The van der Waals surface area contributed by atoms with E-state index in [9.17, 15) is 9.18 Å². The molecule has 1 aromatic rings. The molecular formula is C15H21BrFNO2. The van der Waals surface area contributed by atoms with E-state index in [-0.39, 0.29) is 18.3 Å². The molecule has 0 radical (unpaired) electrons. The lowest BCUT2D eigenvalue weighted by molar-refractivity contribution is -0.137. The van der Waals surface area contributed by atoms with Crippen LogP contribution in [-0.2, 0) is 4.79 Å². The summed E-state index contributed by atoms with van der Waals surface area (Å²) < 4.78 is 13.7. The summed E-state index contributed by atoms with van der Waals surface area (Å²) in [5.74, 6) is -1.05. The Morgan fingerprint density at radius 3 is 2.55 bits per heavy atom. The Hall–Kier alpha value is -0.940. The molecule has 0 heterocycles. The second-order valence-electron chi connectivity index (χ2n) is 5.18. The average Bonchev–Trinajstić information content (AvgIpc) is 2.36. The fourth-order valence-electron chi connectivity index (χ4n) is 2.28. The standard InChI is InChI=1S/C15H21BrFNO2/c1-10(2)18(8-4-5-15(19)20)11(3)12-6-7-14(17)13(16)9-12/h6-7,9-11H,4-5,8H2,1-3H3,(H,19,20). The molecule has 1 atom stereocenters. The first-order chi connectivity index (χ1) is 9.32. The van der Waals surface area contributed by atoms with E-state index in [0.29, 0.717) is 23.5 Å². The Kier molecular flexibility index (Phi) is 6.62. The van der Waals surface area contributed by atoms with Crippen molar-refractivity contribution in [2.45, 2.75) is 45.7 Å². The Morgan fingerprint density at radius 1 is 1.40 bits per heavy atom. The molecule has 5 heteroatoms. The van der Waals surface area contributed by atoms with Gasteiger partial charge in [-0.1, -0.05) is 6.07 Å². The first-order valence-corrected chi connectivity index (χ1v) is 7.54. The van der Waals surface area contributed by atoms with E-state index >= 15 is 0 Å². The molecule has 0 amide bonds. The number of carboxylic acid groups (broad SMARTS) is 1. The van der Waals surface area contributed by atoms with Crippen molar-refractivity contribution in [1.29, 1.82) is 0 Å². The summed E-state index contributed by atoms with van der Waals surface area (Å²) in [7, 11) is 0. The molecule has 0 spiro atoms. The first-order valence-electron chi connectivity index (χ1n) is 6.75. The zero-order chi connectivity index (χ0) is 15.3. The van der Waals surface area contributed by atoms with Crippen LogP contribution >= 0.6 is 15.9 Å². The normalized spacial score (nSPS) is 12.9. The van der Waals surface area contributed by atoms with Gasteiger partial charge in [-0.15, -0.1) is 0 Å². The molecule has 0 aliphatic carbocycles. The molecule has 0 saturated carbocycles. The maximum atomic E-state index is 13.3. The summed E-state index contributed by atoms with van der Waals surface area (Å²) in [5, 5.41) is 8.72. The summed E-state index contributed by atoms with van der Waals surface area (Å²) in [5.41, 5.74) is 1.02. The Balaban J connectivity index is 2.79. The second kappa shape index (κ2) is 7.74. The van der Waals surface area contributed by atoms with Crippen molar-refractivity contribution in [1.82, 2.24) is 4.90 Å². The topological polar surface area (TPSA) is 40.5 Å². The molecule has 0 bridgehead atoms. The molecule has 3 nitrogen and oxygen atoms in total. The number of rotatable bonds is 7. The maximum Gasteiger partial charge on any atom is 0.303 e. The lowest BCUT2D eigenvalue weighted by Crippen LogP contribution is -2.34. The molecule has 1 rings (SSSR count). The predicted molar refractivity (Wildman–Crippen MR) is 81.2 cm³/mol. The summed E-state index contributed by atoms with van der Waals surface area (Å²) >= 11 is 3.20. The van der Waals surface area contributed by atoms with E-state index in [1.807, 2.05) is 0 Å². The minimum Gasteiger partial charge on any atom is -0.481 e. The number of carbonyl (C=O) groups is 1. The van der Waals surface area contributed by atoms with Crippen LogP contribution in [0.3, 0.4) is 0 Å². The van der Waals surface area contributed by atoms with Gasteiger partial charge in [0.25, 0.3) is 0 Å². The fourth-order valence-corrected chi connectivity index (χ4v) is 2.67. The molecule has 0 fully saturated rings. The third-order valence-corrected chi connectivity index (χ3v) is 4.00. The molecule has 0 aliphatic rings. The van der Waals surface area contributed by atoms with Crippen LogP contribution in [0, 0.1) is 5.82 Å². The molecule has 112 valence electrons. The van der Waals surface area contributed by atoms with Crippen LogP contribution in [0.5, 0.6) is 0 Å². The van der Waals surface area contributed by atoms with Gasteiger partial charge in [0.1, 0.15) is 5.82 Å². The number of aliphatic carboxylic acids is 1. The molecule has 0 aliphatic heterocycles. The molecule has 1 aromatic carbocycles. The Bertz CT molecular complexity index is 465. The van der Waals surface area contributed by atoms with Gasteiger partial charge in [0.05, 0.1) is 4.47 Å². The van der Waals surface area contributed by atoms with Crippen molar-refractivity contribution < 1.29 is 14.3 Å². The van der Waals surface area contributed by atoms with Crippen LogP contribution in [-0.4, -0.2) is 28.6 Å². The average molecular weight is 346 g/mol. The highest BCUT2D eigenvalue weighted by Crippen LogP contribution is 2.26. The van der Waals surface area contributed by atoms with Crippen LogP contribution in [0.4, 0.5) is 4.39 Å². The van der Waals surface area contributed by atoms with Gasteiger partial charge in [-0.05, 0) is 67.4 Å². The Labute approximate surface area is 127 Å². The van der Waals surface area contributed by atoms with E-state index in [2.05, 4.69) is 41.6 Å². The summed E-state index contributed by atoms with van der Waals surface area (Å²) in [6, 6.07) is 5.42. The molecular weight excluding hydrogens is 325 g/mol. The molecule has 1 N–H and O–H groups in total. The van der Waals surface area contributed by atoms with E-state index in [1.165, 1.54) is 6.07 Å². The van der Waals surface area contributed by atoms with Gasteiger partial charge >= 0.3 is 5.97 Å². The lowest BCUT2D eigenvalue weighted by atomic mass is 10.0. The smallest absolute Gasteiger partial charge is 0.303 e. The maximum absolute atomic E-state index is 13.3. The zero-order valence-corrected chi connectivity index (χ0v) is 13.7. The minimum absolute atomic E-state index is 0.112. The largest absolute Gasteiger partial charge is 0.481 e. The number of carboxylic acids is 1. The Morgan fingerprint density at radius 2 is 2.05 bits per heavy atom. The highest BCUT2D eigenvalue weighted by Gasteiger charge is 2.19. The van der Waals surface area contributed by atoms with E-state index < -0.39 is 5.97 Å². The number of benzene rings is 1. The van der Waals surface area contributed by atoms with Gasteiger partial charge in [0.2, 0.25) is 0 Å². The number of nitrogens with zero attached hydrogens (tertiary/aromatic N) is 1. The molecule has 20 heavy (non-hydrogen) atoms. The van der Waals surface area contributed by atoms with Gasteiger partial charge in [0.15, 0.2) is 0 Å². The van der Waals surface area contributed by atoms with Crippen LogP contribution in [0.25, 0.3) is 0 Å². The van der Waals surface area contributed by atoms with Crippen LogP contribution in [0.1, 0.15) is 45.2 Å². The van der Waals surface area contributed by atoms with Gasteiger partial charge in [-0.25, -0.2) is 4.39 Å². The van der Waals surface area contributed by atoms with E-state index in [1.54, 1.807) is 12.1 Å². The highest BCUT2D eigenvalue weighted by atomic mass is 79.9. The quantitative estimate of drug-likeness (QED) is 0.803. The van der Waals surface area contributed by atoms with Crippen LogP contribution < -0.4 is 0 Å². The van der Waals surface area contributed by atoms with Crippen LogP contribution in [0.2, 0.25) is 0 Å². The van der Waals surface area contributed by atoms with Crippen molar-refractivity contribution in [2.24, 2.45) is 0 Å². The van der Waals surface area contributed by atoms with E-state index in [4.69, 9.17) is 5.11 Å². The predicted octanol–water partition coefficient (Wildman–Crippen LogP) is 4.22. The SMILES string of the molecule is CC(C)N(CCCC(=O)O)C(C)c1ccc(F)c(Br)c1. The molecule has 0 saturated heterocycles. The first kappa shape index (κ1) is 17.1. The monoisotopic (exact) mass is 345 g/mol. The summed E-state index contributed by atoms with van der Waals surface area (Å²) in [6.45, 7) is 6.92. The molecule has 0 aromatic heterocycles. The van der Waals surface area contributed by atoms with Crippen molar-refractivity contribution >= 4 is 21.9 Å². The van der Waals surface area contributed by atoms with Gasteiger partial charge < -0.3 is 5.11 Å². The number of hydrogen-bond donors (Lipinski definition) is 1. The second-order valence-corrected chi connectivity index (χ2v) is 6.03. The van der Waals surface area contributed by atoms with E-state index in [0.717, 1.165) is 5.56 Å². The third kappa shape index (κ3) is 4.87. The summed E-state index contributed by atoms with van der Waals surface area (Å²) in [6.07, 6.45) is 0.781. The van der Waals surface area contributed by atoms with Crippen LogP contribution in [0.15, 0.2) is 22.7 Å². The van der Waals surface area contributed by atoms with Gasteiger partial charge in [0, 0.05) is 18.5 Å². The number of hydrogen-bond acceptors (Lipinski definition) is 2. The van der Waals surface area contributed by atoms with Crippen molar-refractivity contribution in [3.05, 3.63) is 34.1 Å². The molecule has 1 unspecified atom stereocenters. The third-order valence-electron chi connectivity index (χ3n) is 3.39. The van der Waals surface area contributed by atoms with Gasteiger partial charge in [-0.3, -0.25) is 9.69 Å². The van der Waals surface area contributed by atoms with Crippen molar-refractivity contribution in [3.8, 4) is 0 Å².